The molecule has 1 aromatic carbocycles. The van der Waals surface area contributed by atoms with E-state index in [9.17, 15) is 0 Å². The number of oxime groups is 1. The molecular weight excluding hydrogens is 248 g/mol. The largest absolute Gasteiger partial charge is 0.391 e. The van der Waals surface area contributed by atoms with Crippen LogP contribution in [0.5, 0.6) is 0 Å². The van der Waals surface area contributed by atoms with E-state index >= 15 is 0 Å². The molecule has 0 aliphatic heterocycles. The van der Waals surface area contributed by atoms with Crippen LogP contribution in [0.4, 0.5) is 0 Å². The van der Waals surface area contributed by atoms with Gasteiger partial charge >= 0.3 is 0 Å². The van der Waals surface area contributed by atoms with Crippen LogP contribution in [0, 0.1) is 11.3 Å². The van der Waals surface area contributed by atoms with Gasteiger partial charge in [0.15, 0.2) is 0 Å². The zero-order valence-electron chi connectivity index (χ0n) is 12.3. The van der Waals surface area contributed by atoms with Crippen molar-refractivity contribution in [3.05, 3.63) is 35.9 Å². The van der Waals surface area contributed by atoms with Crippen LogP contribution < -0.4 is 0 Å². The van der Waals surface area contributed by atoms with E-state index in [1.807, 2.05) is 37.3 Å². The first-order valence-electron chi connectivity index (χ1n) is 7.39. The van der Waals surface area contributed by atoms with Gasteiger partial charge in [0, 0.05) is 6.42 Å². The maximum absolute atomic E-state index is 8.43. The van der Waals surface area contributed by atoms with Crippen molar-refractivity contribution >= 4 is 5.71 Å². The molecule has 0 radical (unpaired) electrons. The second kappa shape index (κ2) is 11.0. The van der Waals surface area contributed by atoms with E-state index in [1.165, 1.54) is 12.8 Å². The predicted octanol–water partition coefficient (Wildman–Crippen LogP) is 4.83. The van der Waals surface area contributed by atoms with Crippen molar-refractivity contribution in [1.29, 1.82) is 5.26 Å². The van der Waals surface area contributed by atoms with Gasteiger partial charge in [-0.05, 0) is 31.7 Å². The van der Waals surface area contributed by atoms with Crippen LogP contribution in [0.3, 0.4) is 0 Å². The number of benzene rings is 1. The third-order valence-corrected chi connectivity index (χ3v) is 3.12. The summed E-state index contributed by atoms with van der Waals surface area (Å²) in [7, 11) is 0. The molecule has 3 nitrogen and oxygen atoms in total. The third-order valence-electron chi connectivity index (χ3n) is 3.12. The molecular formula is C17H24N2O. The summed E-state index contributed by atoms with van der Waals surface area (Å²) < 4.78 is 0. The molecule has 0 aromatic heterocycles. The van der Waals surface area contributed by atoms with Crippen molar-refractivity contribution in [2.24, 2.45) is 5.16 Å². The summed E-state index contributed by atoms with van der Waals surface area (Å²) >= 11 is 0. The molecule has 0 heterocycles. The van der Waals surface area contributed by atoms with Gasteiger partial charge in [0.1, 0.15) is 6.61 Å². The molecule has 0 aliphatic carbocycles. The Balaban J connectivity index is 2.03. The smallest absolute Gasteiger partial charge is 0.142 e. The zero-order chi connectivity index (χ0) is 14.5. The lowest BCUT2D eigenvalue weighted by Gasteiger charge is -2.03. The Bertz CT molecular complexity index is 420. The number of hydrogen-bond donors (Lipinski definition) is 0. The minimum atomic E-state index is 0.534. The van der Waals surface area contributed by atoms with Crippen molar-refractivity contribution in [2.45, 2.75) is 58.5 Å². The zero-order valence-corrected chi connectivity index (χ0v) is 12.3. The molecule has 0 aliphatic rings. The second-order valence-electron chi connectivity index (χ2n) is 5.01. The standard InChI is InChI=1S/C17H24N2O/c1-16(11-7-4-2-3-5-10-14-18)19-20-15-17-12-8-6-9-13-17/h6,8-9,12-13H,2-5,7,10-11,15H2,1H3/b19-16+. The van der Waals surface area contributed by atoms with Crippen LogP contribution in [0.25, 0.3) is 0 Å². The number of unbranched alkanes of at least 4 members (excludes halogenated alkanes) is 5. The number of nitrogens with zero attached hydrogens (tertiary/aromatic N) is 2. The third kappa shape index (κ3) is 8.31. The molecule has 108 valence electrons. The summed E-state index contributed by atoms with van der Waals surface area (Å²) in [5.74, 6) is 0. The van der Waals surface area contributed by atoms with Crippen LogP contribution in [-0.4, -0.2) is 5.71 Å². The lowest BCUT2D eigenvalue weighted by atomic mass is 10.1. The van der Waals surface area contributed by atoms with Crippen molar-refractivity contribution in [2.75, 3.05) is 0 Å². The average molecular weight is 272 g/mol. The molecule has 0 atom stereocenters. The summed E-state index contributed by atoms with van der Waals surface area (Å²) in [6, 6.07) is 12.2. The summed E-state index contributed by atoms with van der Waals surface area (Å²) in [4.78, 5) is 5.34. The lowest BCUT2D eigenvalue weighted by Crippen LogP contribution is -1.95. The Morgan fingerprint density at radius 3 is 2.55 bits per heavy atom. The Morgan fingerprint density at radius 2 is 1.80 bits per heavy atom. The minimum absolute atomic E-state index is 0.534. The number of nitriles is 1. The van der Waals surface area contributed by atoms with Crippen molar-refractivity contribution in [3.8, 4) is 6.07 Å². The topological polar surface area (TPSA) is 45.4 Å². The molecule has 20 heavy (non-hydrogen) atoms. The van der Waals surface area contributed by atoms with Crippen LogP contribution in [0.15, 0.2) is 35.5 Å². The fraction of sp³-hybridized carbons (Fsp3) is 0.529. The van der Waals surface area contributed by atoms with Crippen LogP contribution >= 0.6 is 0 Å². The summed E-state index contributed by atoms with van der Waals surface area (Å²) in [6.07, 6.45) is 7.44. The maximum atomic E-state index is 8.43. The van der Waals surface area contributed by atoms with Crippen molar-refractivity contribution < 1.29 is 4.84 Å². The van der Waals surface area contributed by atoms with Crippen LogP contribution in [0.1, 0.15) is 57.4 Å². The molecule has 0 unspecified atom stereocenters. The van der Waals surface area contributed by atoms with Gasteiger partial charge in [0.05, 0.1) is 11.8 Å². The molecule has 3 heteroatoms. The van der Waals surface area contributed by atoms with Crippen LogP contribution in [-0.2, 0) is 11.4 Å². The minimum Gasteiger partial charge on any atom is -0.391 e. The Kier molecular flexibility index (Phi) is 8.97. The fourth-order valence-electron chi connectivity index (χ4n) is 1.95. The highest BCUT2D eigenvalue weighted by atomic mass is 16.6. The van der Waals surface area contributed by atoms with E-state index in [2.05, 4.69) is 11.2 Å². The Morgan fingerprint density at radius 1 is 1.10 bits per heavy atom. The summed E-state index contributed by atoms with van der Waals surface area (Å²) in [6.45, 7) is 2.55. The molecule has 0 bridgehead atoms. The molecule has 0 N–H and O–H groups in total. The maximum Gasteiger partial charge on any atom is 0.142 e. The molecule has 0 amide bonds. The second-order valence-corrected chi connectivity index (χ2v) is 5.01. The average Bonchev–Trinajstić information content (AvgIpc) is 2.47. The molecule has 0 spiro atoms. The monoisotopic (exact) mass is 272 g/mol. The summed E-state index contributed by atoms with van der Waals surface area (Å²) in [5.41, 5.74) is 2.19. The van der Waals surface area contributed by atoms with Gasteiger partial charge in [-0.1, -0.05) is 54.8 Å². The molecule has 0 saturated heterocycles. The molecule has 0 fully saturated rings. The van der Waals surface area contributed by atoms with Crippen molar-refractivity contribution in [3.63, 3.8) is 0 Å². The van der Waals surface area contributed by atoms with Gasteiger partial charge in [0.25, 0.3) is 0 Å². The fourth-order valence-corrected chi connectivity index (χ4v) is 1.95. The predicted molar refractivity (Wildman–Crippen MR) is 82.3 cm³/mol. The van der Waals surface area contributed by atoms with E-state index in [4.69, 9.17) is 10.1 Å². The van der Waals surface area contributed by atoms with Gasteiger partial charge in [0.2, 0.25) is 0 Å². The van der Waals surface area contributed by atoms with Gasteiger partial charge < -0.3 is 4.84 Å². The van der Waals surface area contributed by atoms with E-state index in [1.54, 1.807) is 0 Å². The van der Waals surface area contributed by atoms with Crippen molar-refractivity contribution in [1.82, 2.24) is 0 Å². The highest BCUT2D eigenvalue weighted by Gasteiger charge is 1.95. The van der Waals surface area contributed by atoms with Gasteiger partial charge in [-0.25, -0.2) is 0 Å². The molecule has 0 saturated carbocycles. The Hall–Kier alpha value is -1.82. The van der Waals surface area contributed by atoms with E-state index in [0.717, 1.165) is 37.0 Å². The number of rotatable bonds is 10. The lowest BCUT2D eigenvalue weighted by molar-refractivity contribution is 0.129. The van der Waals surface area contributed by atoms with Gasteiger partial charge in [-0.15, -0.1) is 0 Å². The van der Waals surface area contributed by atoms with E-state index in [0.29, 0.717) is 13.0 Å². The van der Waals surface area contributed by atoms with Crippen LogP contribution in [0.2, 0.25) is 0 Å². The van der Waals surface area contributed by atoms with E-state index < -0.39 is 0 Å². The molecule has 1 rings (SSSR count). The molecule has 1 aromatic rings. The van der Waals surface area contributed by atoms with E-state index in [-0.39, 0.29) is 0 Å². The number of hydrogen-bond acceptors (Lipinski definition) is 3. The first kappa shape index (κ1) is 16.2. The first-order chi connectivity index (χ1) is 9.83. The van der Waals surface area contributed by atoms with Gasteiger partial charge in [-0.3, -0.25) is 0 Å². The summed E-state index contributed by atoms with van der Waals surface area (Å²) in [5, 5.41) is 12.6. The quantitative estimate of drug-likeness (QED) is 0.348. The first-order valence-corrected chi connectivity index (χ1v) is 7.39. The highest BCUT2D eigenvalue weighted by molar-refractivity contribution is 5.81. The Labute approximate surface area is 122 Å². The van der Waals surface area contributed by atoms with Gasteiger partial charge in [-0.2, -0.15) is 5.26 Å². The normalized spacial score (nSPS) is 11.1. The highest BCUT2D eigenvalue weighted by Crippen LogP contribution is 2.08. The SMILES string of the molecule is C/C(CCCCCCCC#N)=N\OCc1ccccc1.